The maximum atomic E-state index is 13.0. The maximum Gasteiger partial charge on any atom is 0.416 e. The van der Waals surface area contributed by atoms with Gasteiger partial charge in [-0.2, -0.15) is 17.9 Å². The number of tetrazole rings is 1. The molecule has 0 unspecified atom stereocenters. The van der Waals surface area contributed by atoms with E-state index in [4.69, 9.17) is 0 Å². The van der Waals surface area contributed by atoms with E-state index in [2.05, 4.69) is 25.7 Å². The van der Waals surface area contributed by atoms with Crippen molar-refractivity contribution < 1.29 is 18.0 Å². The van der Waals surface area contributed by atoms with Crippen LogP contribution < -0.4 is 5.32 Å². The summed E-state index contributed by atoms with van der Waals surface area (Å²) in [7, 11) is 0. The molecule has 1 spiro atoms. The number of amides is 1. The van der Waals surface area contributed by atoms with Gasteiger partial charge in [0.2, 0.25) is 5.91 Å². The van der Waals surface area contributed by atoms with E-state index in [0.29, 0.717) is 12.4 Å². The van der Waals surface area contributed by atoms with Crippen molar-refractivity contribution in [3.05, 3.63) is 35.7 Å². The summed E-state index contributed by atoms with van der Waals surface area (Å²) in [5.41, 5.74) is -0.731. The Balaban J connectivity index is 1.48. The number of nitrogens with zero attached hydrogens (tertiary/aromatic N) is 5. The summed E-state index contributed by atoms with van der Waals surface area (Å²) < 4.78 is 40.2. The van der Waals surface area contributed by atoms with Crippen LogP contribution in [-0.4, -0.2) is 50.6 Å². The number of likely N-dealkylation sites (tertiary alicyclic amines) is 1. The third-order valence-electron chi connectivity index (χ3n) is 5.50. The first-order valence-corrected chi connectivity index (χ1v) is 8.83. The summed E-state index contributed by atoms with van der Waals surface area (Å²) in [6.45, 7) is 2.60. The van der Waals surface area contributed by atoms with Gasteiger partial charge >= 0.3 is 6.18 Å². The van der Waals surface area contributed by atoms with Gasteiger partial charge in [0.25, 0.3) is 0 Å². The molecule has 1 N–H and O–H groups in total. The molecule has 144 valence electrons. The number of piperidine rings is 1. The van der Waals surface area contributed by atoms with Crippen molar-refractivity contribution in [3.8, 4) is 5.69 Å². The van der Waals surface area contributed by atoms with Crippen molar-refractivity contribution in [2.75, 3.05) is 19.6 Å². The lowest BCUT2D eigenvalue weighted by molar-refractivity contribution is -0.137. The molecule has 0 atom stereocenters. The monoisotopic (exact) mass is 380 g/mol. The smallest absolute Gasteiger partial charge is 0.356 e. The molecule has 1 amide bonds. The van der Waals surface area contributed by atoms with Gasteiger partial charge in [-0.1, -0.05) is 6.07 Å². The Bertz CT molecular complexity index is 841. The van der Waals surface area contributed by atoms with E-state index in [1.54, 1.807) is 6.07 Å². The number of benzene rings is 1. The Labute approximate surface area is 153 Å². The number of rotatable bonds is 3. The minimum atomic E-state index is -4.42. The minimum Gasteiger partial charge on any atom is -0.356 e. The average Bonchev–Trinajstić information content (AvgIpc) is 3.24. The van der Waals surface area contributed by atoms with E-state index in [-0.39, 0.29) is 17.0 Å². The molecule has 2 saturated heterocycles. The van der Waals surface area contributed by atoms with Crippen LogP contribution >= 0.6 is 0 Å². The summed E-state index contributed by atoms with van der Waals surface area (Å²) in [6.07, 6.45) is -2.03. The molecule has 0 aliphatic carbocycles. The SMILES string of the molecule is O=C1NCCC12CCN(Cc1nnnn1-c1cccc(C(F)(F)F)c1)CC2. The van der Waals surface area contributed by atoms with Gasteiger partial charge in [0.1, 0.15) is 0 Å². The van der Waals surface area contributed by atoms with Crippen LogP contribution in [0.4, 0.5) is 13.2 Å². The number of alkyl halides is 3. The fourth-order valence-corrected chi connectivity index (χ4v) is 3.85. The minimum absolute atomic E-state index is 0.135. The highest BCUT2D eigenvalue weighted by molar-refractivity contribution is 5.84. The van der Waals surface area contributed by atoms with Crippen LogP contribution in [0.5, 0.6) is 0 Å². The van der Waals surface area contributed by atoms with Crippen molar-refractivity contribution in [1.29, 1.82) is 0 Å². The van der Waals surface area contributed by atoms with Gasteiger partial charge in [0.05, 0.1) is 23.2 Å². The van der Waals surface area contributed by atoms with Crippen LogP contribution in [0, 0.1) is 5.41 Å². The zero-order valence-electron chi connectivity index (χ0n) is 14.5. The van der Waals surface area contributed by atoms with Gasteiger partial charge in [0.15, 0.2) is 5.82 Å². The largest absolute Gasteiger partial charge is 0.416 e. The molecule has 2 fully saturated rings. The lowest BCUT2D eigenvalue weighted by Gasteiger charge is -2.36. The normalized spacial score (nSPS) is 20.2. The van der Waals surface area contributed by atoms with Crippen LogP contribution in [-0.2, 0) is 17.5 Å². The second kappa shape index (κ2) is 6.59. The van der Waals surface area contributed by atoms with E-state index < -0.39 is 11.7 Å². The molecule has 27 heavy (non-hydrogen) atoms. The number of carbonyl (C=O) groups is 1. The van der Waals surface area contributed by atoms with Gasteiger partial charge in [0, 0.05) is 6.54 Å². The molecule has 2 aliphatic rings. The predicted molar refractivity (Wildman–Crippen MR) is 88.7 cm³/mol. The second-order valence-corrected chi connectivity index (χ2v) is 7.12. The summed E-state index contributed by atoms with van der Waals surface area (Å²) in [4.78, 5) is 14.2. The molecule has 0 radical (unpaired) electrons. The topological polar surface area (TPSA) is 75.9 Å². The number of hydrogen-bond donors (Lipinski definition) is 1. The highest BCUT2D eigenvalue weighted by Crippen LogP contribution is 2.38. The van der Waals surface area contributed by atoms with Gasteiger partial charge in [-0.05, 0) is 61.0 Å². The van der Waals surface area contributed by atoms with Crippen LogP contribution in [0.1, 0.15) is 30.7 Å². The van der Waals surface area contributed by atoms with Crippen molar-refractivity contribution in [1.82, 2.24) is 30.4 Å². The summed E-state index contributed by atoms with van der Waals surface area (Å²) in [5.74, 6) is 0.608. The Kier molecular flexibility index (Phi) is 4.37. The number of halogens is 3. The molecule has 2 aromatic rings. The average molecular weight is 380 g/mol. The number of nitrogens with one attached hydrogen (secondary N) is 1. The third kappa shape index (κ3) is 3.41. The fourth-order valence-electron chi connectivity index (χ4n) is 3.85. The third-order valence-corrected chi connectivity index (χ3v) is 5.50. The van der Waals surface area contributed by atoms with Gasteiger partial charge < -0.3 is 5.32 Å². The molecule has 1 aromatic carbocycles. The molecule has 7 nitrogen and oxygen atoms in total. The first kappa shape index (κ1) is 17.9. The first-order chi connectivity index (χ1) is 12.9. The van der Waals surface area contributed by atoms with E-state index in [0.717, 1.165) is 51.0 Å². The summed E-state index contributed by atoms with van der Waals surface area (Å²) >= 11 is 0. The van der Waals surface area contributed by atoms with Crippen molar-refractivity contribution in [2.45, 2.75) is 32.0 Å². The van der Waals surface area contributed by atoms with Crippen LogP contribution in [0.15, 0.2) is 24.3 Å². The molecule has 0 saturated carbocycles. The van der Waals surface area contributed by atoms with Crippen LogP contribution in [0.3, 0.4) is 0 Å². The molecular weight excluding hydrogens is 361 g/mol. The van der Waals surface area contributed by atoms with Gasteiger partial charge in [-0.25, -0.2) is 0 Å². The number of hydrogen-bond acceptors (Lipinski definition) is 5. The van der Waals surface area contributed by atoms with Crippen molar-refractivity contribution >= 4 is 5.91 Å². The first-order valence-electron chi connectivity index (χ1n) is 8.83. The van der Waals surface area contributed by atoms with E-state index in [1.165, 1.54) is 10.7 Å². The molecule has 4 rings (SSSR count). The zero-order valence-corrected chi connectivity index (χ0v) is 14.5. The maximum absolute atomic E-state index is 13.0. The lowest BCUT2D eigenvalue weighted by atomic mass is 9.77. The van der Waals surface area contributed by atoms with Crippen LogP contribution in [0.2, 0.25) is 0 Å². The number of carbonyl (C=O) groups excluding carboxylic acids is 1. The quantitative estimate of drug-likeness (QED) is 0.879. The zero-order chi connectivity index (χ0) is 19.1. The Morgan fingerprint density at radius 2 is 1.96 bits per heavy atom. The van der Waals surface area contributed by atoms with Gasteiger partial charge in [-0.15, -0.1) is 5.10 Å². The summed E-state index contributed by atoms with van der Waals surface area (Å²) in [5, 5.41) is 14.4. The molecule has 0 bridgehead atoms. The van der Waals surface area contributed by atoms with E-state index >= 15 is 0 Å². The molecule has 10 heteroatoms. The molecule has 1 aromatic heterocycles. The highest BCUT2D eigenvalue weighted by Gasteiger charge is 2.44. The molecule has 2 aliphatic heterocycles. The highest BCUT2D eigenvalue weighted by atomic mass is 19.4. The van der Waals surface area contributed by atoms with Gasteiger partial charge in [-0.3, -0.25) is 9.69 Å². The molecule has 3 heterocycles. The van der Waals surface area contributed by atoms with Crippen molar-refractivity contribution in [3.63, 3.8) is 0 Å². The standard InChI is InChI=1S/C17H19F3N6O/c18-17(19,20)12-2-1-3-13(10-12)26-14(22-23-24-26)11-25-8-5-16(6-9-25)4-7-21-15(16)27/h1-3,10H,4-9,11H2,(H,21,27). The summed E-state index contributed by atoms with van der Waals surface area (Å²) in [6, 6.07) is 4.94. The number of aromatic nitrogens is 4. The Morgan fingerprint density at radius 1 is 1.19 bits per heavy atom. The second-order valence-electron chi connectivity index (χ2n) is 7.12. The Hall–Kier alpha value is -2.49. The van der Waals surface area contributed by atoms with E-state index in [1.807, 2.05) is 0 Å². The Morgan fingerprint density at radius 3 is 2.63 bits per heavy atom. The van der Waals surface area contributed by atoms with E-state index in [9.17, 15) is 18.0 Å². The van der Waals surface area contributed by atoms with Crippen molar-refractivity contribution in [2.24, 2.45) is 5.41 Å². The molecular formula is C17H19F3N6O. The lowest BCUT2D eigenvalue weighted by Crippen LogP contribution is -2.43. The fraction of sp³-hybridized carbons (Fsp3) is 0.529. The predicted octanol–water partition coefficient (Wildman–Crippen LogP) is 1.78. The van der Waals surface area contributed by atoms with Crippen LogP contribution in [0.25, 0.3) is 5.69 Å².